The molecule has 0 aliphatic rings. The van der Waals surface area contributed by atoms with Crippen LogP contribution in [0.25, 0.3) is 0 Å². The Morgan fingerprint density at radius 2 is 2.14 bits per heavy atom. The van der Waals surface area contributed by atoms with Crippen LogP contribution in [0.5, 0.6) is 0 Å². The summed E-state index contributed by atoms with van der Waals surface area (Å²) in [5, 5.41) is 0. The molecule has 0 amide bonds. The fourth-order valence-electron chi connectivity index (χ4n) is 1.27. The van der Waals surface area contributed by atoms with E-state index in [1.165, 1.54) is 6.07 Å². The largest absolute Gasteiger partial charge is 0.270 e. The topological polar surface area (TPSA) is 0 Å². The van der Waals surface area contributed by atoms with E-state index in [4.69, 9.17) is 0 Å². The van der Waals surface area contributed by atoms with Gasteiger partial charge in [0, 0.05) is 12.5 Å². The van der Waals surface area contributed by atoms with Crippen molar-refractivity contribution in [1.82, 2.24) is 0 Å². The molecule has 0 aromatic heterocycles. The molecule has 1 rings (SSSR count). The fraction of sp³-hybridized carbons (Fsp3) is 0.333. The van der Waals surface area contributed by atoms with Crippen molar-refractivity contribution in [3.8, 4) is 0 Å². The fourth-order valence-corrected chi connectivity index (χ4v) is 1.27. The van der Waals surface area contributed by atoms with Gasteiger partial charge in [-0.15, -0.1) is 6.58 Å². The molecule has 0 N–H and O–H groups in total. The van der Waals surface area contributed by atoms with Crippen molar-refractivity contribution in [2.24, 2.45) is 0 Å². The van der Waals surface area contributed by atoms with E-state index in [0.29, 0.717) is 0 Å². The lowest BCUT2D eigenvalue weighted by Crippen LogP contribution is -2.07. The number of rotatable bonds is 4. The first-order valence-corrected chi connectivity index (χ1v) is 4.62. The highest BCUT2D eigenvalue weighted by Crippen LogP contribution is 2.27. The Morgan fingerprint density at radius 1 is 1.43 bits per heavy atom. The summed E-state index contributed by atoms with van der Waals surface area (Å²) in [5.74, 6) is -2.75. The lowest BCUT2D eigenvalue weighted by atomic mass is 10.0. The van der Waals surface area contributed by atoms with Crippen LogP contribution in [-0.4, -0.2) is 0 Å². The molecule has 0 saturated carbocycles. The zero-order valence-corrected chi connectivity index (χ0v) is 8.26. The van der Waals surface area contributed by atoms with E-state index >= 15 is 0 Å². The van der Waals surface area contributed by atoms with Crippen molar-refractivity contribution in [1.29, 1.82) is 0 Å². The van der Waals surface area contributed by atoms with Crippen molar-refractivity contribution in [3.05, 3.63) is 48.0 Å². The molecule has 2 heteroatoms. The lowest BCUT2D eigenvalue weighted by Gasteiger charge is -2.11. The second-order valence-corrected chi connectivity index (χ2v) is 3.42. The maximum Gasteiger partial charge on any atom is 0.270 e. The van der Waals surface area contributed by atoms with Crippen LogP contribution in [0.2, 0.25) is 0 Å². The molecule has 0 unspecified atom stereocenters. The molecule has 1 aromatic carbocycles. The van der Waals surface area contributed by atoms with Crippen LogP contribution in [0.1, 0.15) is 24.5 Å². The number of allylic oxidation sites excluding steroid dienone is 1. The number of alkyl halides is 2. The van der Waals surface area contributed by atoms with Gasteiger partial charge in [-0.2, -0.15) is 0 Å². The normalized spacial score (nSPS) is 11.4. The van der Waals surface area contributed by atoms with E-state index in [9.17, 15) is 8.78 Å². The van der Waals surface area contributed by atoms with Crippen molar-refractivity contribution >= 4 is 0 Å². The minimum atomic E-state index is -2.75. The van der Waals surface area contributed by atoms with Gasteiger partial charge in [-0.25, -0.2) is 8.78 Å². The average molecular weight is 196 g/mol. The highest BCUT2D eigenvalue weighted by molar-refractivity contribution is 5.26. The summed E-state index contributed by atoms with van der Waals surface area (Å²) in [7, 11) is 0. The summed E-state index contributed by atoms with van der Waals surface area (Å²) in [6.07, 6.45) is 3.38. The first-order valence-electron chi connectivity index (χ1n) is 4.62. The molecular weight excluding hydrogens is 182 g/mol. The van der Waals surface area contributed by atoms with Crippen molar-refractivity contribution in [2.45, 2.75) is 25.7 Å². The van der Waals surface area contributed by atoms with Crippen LogP contribution in [0.15, 0.2) is 36.9 Å². The van der Waals surface area contributed by atoms with E-state index in [1.54, 1.807) is 18.2 Å². The summed E-state index contributed by atoms with van der Waals surface area (Å²) >= 11 is 0. The predicted molar refractivity (Wildman–Crippen MR) is 54.5 cm³/mol. The van der Waals surface area contributed by atoms with Crippen LogP contribution >= 0.6 is 0 Å². The van der Waals surface area contributed by atoms with Crippen molar-refractivity contribution < 1.29 is 8.78 Å². The van der Waals surface area contributed by atoms with Gasteiger partial charge in [-0.3, -0.25) is 0 Å². The van der Waals surface area contributed by atoms with Crippen LogP contribution in [0, 0.1) is 0 Å². The summed E-state index contributed by atoms with van der Waals surface area (Å²) in [6.45, 7) is 4.52. The average Bonchev–Trinajstić information content (AvgIpc) is 2.14. The van der Waals surface area contributed by atoms with Gasteiger partial charge in [-0.05, 0) is 24.5 Å². The molecule has 0 aliphatic carbocycles. The Kier molecular flexibility index (Phi) is 3.39. The third-order valence-electron chi connectivity index (χ3n) is 2.07. The second kappa shape index (κ2) is 4.36. The van der Waals surface area contributed by atoms with E-state index in [2.05, 4.69) is 6.58 Å². The van der Waals surface area contributed by atoms with Crippen LogP contribution in [0.4, 0.5) is 8.78 Å². The zero-order valence-electron chi connectivity index (χ0n) is 8.26. The Hall–Kier alpha value is -1.18. The van der Waals surface area contributed by atoms with E-state index in [1.807, 2.05) is 6.07 Å². The standard InChI is InChI=1S/C12H14F2/c1-3-4-6-10-7-5-8-11(9-10)12(2,13)14/h3,5,7-9H,1,4,6H2,2H3. The van der Waals surface area contributed by atoms with Crippen molar-refractivity contribution in [2.75, 3.05) is 0 Å². The third-order valence-corrected chi connectivity index (χ3v) is 2.07. The van der Waals surface area contributed by atoms with Crippen LogP contribution in [0.3, 0.4) is 0 Å². The molecule has 0 saturated heterocycles. The van der Waals surface area contributed by atoms with Gasteiger partial charge in [0.05, 0.1) is 0 Å². The Morgan fingerprint density at radius 3 is 2.71 bits per heavy atom. The minimum Gasteiger partial charge on any atom is -0.202 e. The van der Waals surface area contributed by atoms with Crippen molar-refractivity contribution in [3.63, 3.8) is 0 Å². The molecule has 14 heavy (non-hydrogen) atoms. The van der Waals surface area contributed by atoms with Crippen LogP contribution in [-0.2, 0) is 12.3 Å². The van der Waals surface area contributed by atoms with Gasteiger partial charge in [0.2, 0.25) is 0 Å². The van der Waals surface area contributed by atoms with E-state index in [-0.39, 0.29) is 5.56 Å². The first kappa shape index (κ1) is 10.9. The van der Waals surface area contributed by atoms with Gasteiger partial charge in [0.25, 0.3) is 5.92 Å². The van der Waals surface area contributed by atoms with Gasteiger partial charge in [0.15, 0.2) is 0 Å². The molecule has 0 spiro atoms. The quantitative estimate of drug-likeness (QED) is 0.640. The molecular formula is C12H14F2. The highest BCUT2D eigenvalue weighted by Gasteiger charge is 2.23. The molecule has 1 aromatic rings. The van der Waals surface area contributed by atoms with Gasteiger partial charge in [-0.1, -0.05) is 24.3 Å². The first-order chi connectivity index (χ1) is 6.54. The summed E-state index contributed by atoms with van der Waals surface area (Å²) in [4.78, 5) is 0. The van der Waals surface area contributed by atoms with Gasteiger partial charge in [0.1, 0.15) is 0 Å². The smallest absolute Gasteiger partial charge is 0.202 e. The molecule has 0 aliphatic heterocycles. The maximum absolute atomic E-state index is 12.9. The van der Waals surface area contributed by atoms with Gasteiger partial charge < -0.3 is 0 Å². The number of halogens is 2. The number of hydrogen-bond acceptors (Lipinski definition) is 0. The molecule has 0 nitrogen and oxygen atoms in total. The Balaban J connectivity index is 2.84. The Bertz CT molecular complexity index is 310. The lowest BCUT2D eigenvalue weighted by molar-refractivity contribution is 0.0174. The number of hydrogen-bond donors (Lipinski definition) is 0. The van der Waals surface area contributed by atoms with Gasteiger partial charge >= 0.3 is 0 Å². The monoisotopic (exact) mass is 196 g/mol. The number of benzene rings is 1. The molecule has 0 atom stereocenters. The van der Waals surface area contributed by atoms with E-state index in [0.717, 1.165) is 25.3 Å². The summed E-state index contributed by atoms with van der Waals surface area (Å²) in [5.41, 5.74) is 1.02. The third kappa shape index (κ3) is 2.95. The predicted octanol–water partition coefficient (Wildman–Crippen LogP) is 3.92. The molecule has 0 bridgehead atoms. The molecule has 0 radical (unpaired) electrons. The summed E-state index contributed by atoms with van der Waals surface area (Å²) in [6, 6.07) is 6.55. The zero-order chi connectivity index (χ0) is 10.6. The molecule has 0 fully saturated rings. The Labute approximate surface area is 83.3 Å². The second-order valence-electron chi connectivity index (χ2n) is 3.42. The number of aryl methyl sites for hydroxylation is 1. The molecule has 0 heterocycles. The van der Waals surface area contributed by atoms with Crippen LogP contribution < -0.4 is 0 Å². The highest BCUT2D eigenvalue weighted by atomic mass is 19.3. The summed E-state index contributed by atoms with van der Waals surface area (Å²) < 4.78 is 25.9. The maximum atomic E-state index is 12.9. The molecule has 76 valence electrons. The SMILES string of the molecule is C=CCCc1cccc(C(C)(F)F)c1. The van der Waals surface area contributed by atoms with E-state index < -0.39 is 5.92 Å². The minimum absolute atomic E-state index is 0.0825.